The molecule has 1 aromatic rings. The first-order valence-corrected chi connectivity index (χ1v) is 8.18. The number of carbonyl (C=O) groups excluding carboxylic acids is 1. The number of amides is 1. The Bertz CT molecular complexity index is 649. The van der Waals surface area contributed by atoms with Crippen molar-refractivity contribution in [2.45, 2.75) is 51.5 Å². The lowest BCUT2D eigenvalue weighted by molar-refractivity contribution is 0.00578. The number of nitrogens with zero attached hydrogens (tertiary/aromatic N) is 1. The predicted molar refractivity (Wildman–Crippen MR) is 87.5 cm³/mol. The van der Waals surface area contributed by atoms with Crippen molar-refractivity contribution < 1.29 is 22.9 Å². The maximum atomic E-state index is 14.0. The minimum absolute atomic E-state index is 0.0567. The summed E-state index contributed by atoms with van der Waals surface area (Å²) >= 11 is 0. The van der Waals surface area contributed by atoms with Crippen LogP contribution in [-0.4, -0.2) is 48.4 Å². The molecule has 0 spiro atoms. The standard InChI is InChI=1S/C17H22BF2NO3/c1-16(2)17(3,4)24-18(23-16)12-7-11(8-14(20)9-12)15(22)21-6-5-13(19)10-21/h7-9,13H,5-6,10H2,1-4H3/t13-/m1/s1. The monoisotopic (exact) mass is 337 g/mol. The zero-order chi connectivity index (χ0) is 17.7. The predicted octanol–water partition coefficient (Wildman–Crippen LogP) is 2.31. The zero-order valence-corrected chi connectivity index (χ0v) is 14.4. The van der Waals surface area contributed by atoms with Gasteiger partial charge in [-0.1, -0.05) is 0 Å². The fourth-order valence-electron chi connectivity index (χ4n) is 2.94. The second-order valence-corrected chi connectivity index (χ2v) is 7.50. The minimum Gasteiger partial charge on any atom is -0.399 e. The molecule has 1 aromatic carbocycles. The fourth-order valence-corrected chi connectivity index (χ4v) is 2.94. The van der Waals surface area contributed by atoms with Gasteiger partial charge in [0.05, 0.1) is 17.7 Å². The Hall–Kier alpha value is -1.47. The number of alkyl halides is 1. The SMILES string of the molecule is CC1(C)OB(c2cc(F)cc(C(=O)N3CC[C@@H](F)C3)c2)OC1(C)C. The Balaban J connectivity index is 1.86. The van der Waals surface area contributed by atoms with Crippen molar-refractivity contribution in [3.8, 4) is 0 Å². The number of benzene rings is 1. The van der Waals surface area contributed by atoms with E-state index in [0.29, 0.717) is 18.4 Å². The van der Waals surface area contributed by atoms with Crippen molar-refractivity contribution in [2.24, 2.45) is 0 Å². The van der Waals surface area contributed by atoms with E-state index in [0.717, 1.165) is 0 Å². The van der Waals surface area contributed by atoms with E-state index in [1.54, 1.807) is 6.07 Å². The van der Waals surface area contributed by atoms with Crippen LogP contribution in [0.1, 0.15) is 44.5 Å². The first-order valence-electron chi connectivity index (χ1n) is 8.18. The molecule has 2 heterocycles. The van der Waals surface area contributed by atoms with Gasteiger partial charge in [0.15, 0.2) is 0 Å². The molecule has 0 saturated carbocycles. The van der Waals surface area contributed by atoms with E-state index < -0.39 is 30.3 Å². The van der Waals surface area contributed by atoms with Crippen molar-refractivity contribution in [3.05, 3.63) is 29.6 Å². The van der Waals surface area contributed by atoms with Crippen LogP contribution in [0.4, 0.5) is 8.78 Å². The van der Waals surface area contributed by atoms with Gasteiger partial charge in [0.1, 0.15) is 12.0 Å². The Morgan fingerprint density at radius 3 is 2.38 bits per heavy atom. The van der Waals surface area contributed by atoms with E-state index >= 15 is 0 Å². The minimum atomic E-state index is -1.01. The van der Waals surface area contributed by atoms with Gasteiger partial charge in [-0.25, -0.2) is 8.78 Å². The third kappa shape index (κ3) is 3.07. The van der Waals surface area contributed by atoms with Crippen LogP contribution in [0, 0.1) is 5.82 Å². The topological polar surface area (TPSA) is 38.8 Å². The summed E-state index contributed by atoms with van der Waals surface area (Å²) in [5, 5.41) is 0. The van der Waals surface area contributed by atoms with Gasteiger partial charge in [0, 0.05) is 12.1 Å². The summed E-state index contributed by atoms with van der Waals surface area (Å²) in [4.78, 5) is 13.9. The third-order valence-corrected chi connectivity index (χ3v) is 5.11. The summed E-state index contributed by atoms with van der Waals surface area (Å²) in [6.07, 6.45) is -0.685. The molecule has 0 radical (unpaired) electrons. The molecule has 0 aromatic heterocycles. The molecule has 24 heavy (non-hydrogen) atoms. The number of hydrogen-bond donors (Lipinski definition) is 0. The van der Waals surface area contributed by atoms with E-state index in [1.807, 2.05) is 27.7 Å². The highest BCUT2D eigenvalue weighted by Crippen LogP contribution is 2.36. The average molecular weight is 337 g/mol. The zero-order valence-electron chi connectivity index (χ0n) is 14.4. The van der Waals surface area contributed by atoms with Gasteiger partial charge in [-0.15, -0.1) is 0 Å². The second kappa shape index (κ2) is 5.81. The Morgan fingerprint density at radius 1 is 1.21 bits per heavy atom. The molecule has 2 aliphatic rings. The highest BCUT2D eigenvalue weighted by atomic mass is 19.1. The molecule has 130 valence electrons. The number of hydrogen-bond acceptors (Lipinski definition) is 3. The summed E-state index contributed by atoms with van der Waals surface area (Å²) in [6.45, 7) is 8.03. The van der Waals surface area contributed by atoms with E-state index in [2.05, 4.69) is 0 Å². The molecular weight excluding hydrogens is 315 g/mol. The molecule has 1 atom stereocenters. The van der Waals surface area contributed by atoms with Crippen molar-refractivity contribution in [1.82, 2.24) is 4.90 Å². The second-order valence-electron chi connectivity index (χ2n) is 7.50. The summed E-state index contributed by atoms with van der Waals surface area (Å²) in [5.74, 6) is -0.908. The van der Waals surface area contributed by atoms with Crippen LogP contribution in [0.3, 0.4) is 0 Å². The van der Waals surface area contributed by atoms with Gasteiger partial charge in [-0.05, 0) is 57.8 Å². The maximum absolute atomic E-state index is 14.0. The van der Waals surface area contributed by atoms with Gasteiger partial charge in [0.2, 0.25) is 0 Å². The Kier molecular flexibility index (Phi) is 4.20. The van der Waals surface area contributed by atoms with Crippen LogP contribution in [0.25, 0.3) is 0 Å². The third-order valence-electron chi connectivity index (χ3n) is 5.11. The summed E-state index contributed by atoms with van der Waals surface area (Å²) in [7, 11) is -0.746. The number of rotatable bonds is 2. The van der Waals surface area contributed by atoms with Gasteiger partial charge < -0.3 is 14.2 Å². The molecule has 2 aliphatic heterocycles. The van der Waals surface area contributed by atoms with Gasteiger partial charge in [-0.2, -0.15) is 0 Å². The molecule has 0 N–H and O–H groups in total. The highest BCUT2D eigenvalue weighted by molar-refractivity contribution is 6.62. The van der Waals surface area contributed by atoms with Crippen LogP contribution < -0.4 is 5.46 Å². The van der Waals surface area contributed by atoms with Crippen LogP contribution in [0.2, 0.25) is 0 Å². The number of likely N-dealkylation sites (tertiary alicyclic amines) is 1. The lowest BCUT2D eigenvalue weighted by Gasteiger charge is -2.32. The Labute approximate surface area is 141 Å². The highest BCUT2D eigenvalue weighted by Gasteiger charge is 2.51. The van der Waals surface area contributed by atoms with E-state index in [-0.39, 0.29) is 18.0 Å². The van der Waals surface area contributed by atoms with Crippen molar-refractivity contribution in [3.63, 3.8) is 0 Å². The van der Waals surface area contributed by atoms with E-state index in [4.69, 9.17) is 9.31 Å². The maximum Gasteiger partial charge on any atom is 0.494 e. The van der Waals surface area contributed by atoms with Crippen molar-refractivity contribution in [2.75, 3.05) is 13.1 Å². The lowest BCUT2D eigenvalue weighted by Crippen LogP contribution is -2.41. The van der Waals surface area contributed by atoms with Crippen LogP contribution in [0.5, 0.6) is 0 Å². The first-order chi connectivity index (χ1) is 11.1. The molecule has 0 aliphatic carbocycles. The molecule has 3 rings (SSSR count). The Morgan fingerprint density at radius 2 is 1.83 bits per heavy atom. The molecule has 4 nitrogen and oxygen atoms in total. The lowest BCUT2D eigenvalue weighted by atomic mass is 9.78. The van der Waals surface area contributed by atoms with Crippen LogP contribution >= 0.6 is 0 Å². The smallest absolute Gasteiger partial charge is 0.399 e. The fraction of sp³-hybridized carbons (Fsp3) is 0.588. The quantitative estimate of drug-likeness (QED) is 0.778. The molecule has 0 bridgehead atoms. The molecule has 2 saturated heterocycles. The largest absolute Gasteiger partial charge is 0.494 e. The van der Waals surface area contributed by atoms with Gasteiger partial charge in [0.25, 0.3) is 5.91 Å². The van der Waals surface area contributed by atoms with Crippen molar-refractivity contribution >= 4 is 18.5 Å². The summed E-state index contributed by atoms with van der Waals surface area (Å²) < 4.78 is 39.2. The van der Waals surface area contributed by atoms with Crippen LogP contribution in [-0.2, 0) is 9.31 Å². The molecule has 2 fully saturated rings. The summed E-state index contributed by atoms with van der Waals surface area (Å²) in [6, 6.07) is 4.04. The molecule has 0 unspecified atom stereocenters. The average Bonchev–Trinajstić information content (AvgIpc) is 2.99. The first kappa shape index (κ1) is 17.4. The number of halogens is 2. The number of carbonyl (C=O) groups is 1. The van der Waals surface area contributed by atoms with E-state index in [9.17, 15) is 13.6 Å². The van der Waals surface area contributed by atoms with Gasteiger partial charge in [-0.3, -0.25) is 4.79 Å². The van der Waals surface area contributed by atoms with Crippen LogP contribution in [0.15, 0.2) is 18.2 Å². The normalized spacial score (nSPS) is 25.3. The summed E-state index contributed by atoms with van der Waals surface area (Å²) in [5.41, 5.74) is -0.462. The molecular formula is C17H22BF2NO3. The molecule has 7 heteroatoms. The van der Waals surface area contributed by atoms with Gasteiger partial charge >= 0.3 is 7.12 Å². The van der Waals surface area contributed by atoms with E-state index in [1.165, 1.54) is 17.0 Å². The van der Waals surface area contributed by atoms with Crippen molar-refractivity contribution in [1.29, 1.82) is 0 Å². The molecule has 1 amide bonds.